The summed E-state index contributed by atoms with van der Waals surface area (Å²) in [6.07, 6.45) is 8.04. The van der Waals surface area contributed by atoms with E-state index in [2.05, 4.69) is 18.5 Å². The van der Waals surface area contributed by atoms with Crippen LogP contribution in [0.4, 0.5) is 0 Å². The SMILES string of the molecule is C=CCCCC(Cc1ccccc1)C(=O)OC(C)CNC(=O)C(CC=C)CC(=O)N1CCCC1CO. The molecule has 2 N–H and O–H groups in total. The van der Waals surface area contributed by atoms with E-state index in [1.807, 2.05) is 36.4 Å². The Morgan fingerprint density at radius 2 is 1.94 bits per heavy atom. The summed E-state index contributed by atoms with van der Waals surface area (Å²) in [5, 5.41) is 12.3. The number of rotatable bonds is 16. The molecule has 0 aliphatic carbocycles. The Labute approximate surface area is 215 Å². The van der Waals surface area contributed by atoms with Gasteiger partial charge in [0, 0.05) is 13.0 Å². The number of carbonyl (C=O) groups is 3. The van der Waals surface area contributed by atoms with E-state index in [0.29, 0.717) is 25.8 Å². The first kappa shape index (κ1) is 29.3. The van der Waals surface area contributed by atoms with Gasteiger partial charge in [-0.05, 0) is 57.4 Å². The molecule has 1 aromatic carbocycles. The van der Waals surface area contributed by atoms with Gasteiger partial charge in [-0.1, -0.05) is 42.5 Å². The number of hydrogen-bond acceptors (Lipinski definition) is 5. The van der Waals surface area contributed by atoms with Crippen LogP contribution in [0, 0.1) is 11.8 Å². The Balaban J connectivity index is 1.88. The summed E-state index contributed by atoms with van der Waals surface area (Å²) in [4.78, 5) is 40.2. The third kappa shape index (κ3) is 9.61. The standard InChI is InChI=1S/C29H42N2O5/c1-4-6-8-15-25(18-23-13-9-7-10-14-23)29(35)36-22(3)20-30-28(34)24(12-5-2)19-27(33)31-17-11-16-26(31)21-32/h4-5,7,9-10,13-14,22,24-26,32H,1-2,6,8,11-12,15-21H2,3H3,(H,30,34). The lowest BCUT2D eigenvalue weighted by atomic mass is 9.94. The number of esters is 1. The Bertz CT molecular complexity index is 856. The molecule has 0 saturated carbocycles. The minimum atomic E-state index is -0.553. The molecule has 0 bridgehead atoms. The molecule has 0 spiro atoms. The minimum Gasteiger partial charge on any atom is -0.461 e. The molecule has 1 aliphatic heterocycles. The van der Waals surface area contributed by atoms with Gasteiger partial charge in [0.05, 0.1) is 31.0 Å². The van der Waals surface area contributed by atoms with E-state index >= 15 is 0 Å². The van der Waals surface area contributed by atoms with Crippen molar-refractivity contribution in [1.82, 2.24) is 10.2 Å². The number of likely N-dealkylation sites (tertiary alicyclic amines) is 1. The van der Waals surface area contributed by atoms with Gasteiger partial charge in [0.25, 0.3) is 0 Å². The zero-order valence-corrected chi connectivity index (χ0v) is 21.6. The molecule has 4 atom stereocenters. The van der Waals surface area contributed by atoms with Crippen LogP contribution in [0.3, 0.4) is 0 Å². The smallest absolute Gasteiger partial charge is 0.309 e. The molecule has 7 nitrogen and oxygen atoms in total. The predicted molar refractivity (Wildman–Crippen MR) is 141 cm³/mol. The summed E-state index contributed by atoms with van der Waals surface area (Å²) < 4.78 is 5.69. The predicted octanol–water partition coefficient (Wildman–Crippen LogP) is 3.82. The summed E-state index contributed by atoms with van der Waals surface area (Å²) in [6.45, 7) is 9.94. The second-order valence-electron chi connectivity index (χ2n) is 9.59. The van der Waals surface area contributed by atoms with Crippen LogP contribution in [-0.4, -0.2) is 59.6 Å². The molecular weight excluding hydrogens is 456 g/mol. The zero-order chi connectivity index (χ0) is 26.3. The molecule has 4 unspecified atom stereocenters. The molecule has 36 heavy (non-hydrogen) atoms. The molecule has 1 saturated heterocycles. The van der Waals surface area contributed by atoms with Crippen LogP contribution >= 0.6 is 0 Å². The van der Waals surface area contributed by atoms with Crippen molar-refractivity contribution in [3.05, 3.63) is 61.2 Å². The molecule has 0 aromatic heterocycles. The normalized spacial score (nSPS) is 17.6. The number of unbranched alkanes of at least 4 members (excludes halogenated alkanes) is 1. The number of nitrogens with zero attached hydrogens (tertiary/aromatic N) is 1. The highest BCUT2D eigenvalue weighted by Gasteiger charge is 2.31. The molecule has 0 radical (unpaired) electrons. The molecule has 1 aromatic rings. The van der Waals surface area contributed by atoms with Crippen molar-refractivity contribution in [3.63, 3.8) is 0 Å². The average molecular weight is 499 g/mol. The maximum atomic E-state index is 12.9. The average Bonchev–Trinajstić information content (AvgIpc) is 3.36. The van der Waals surface area contributed by atoms with Gasteiger partial charge >= 0.3 is 5.97 Å². The number of carbonyl (C=O) groups excluding carboxylic acids is 3. The second kappa shape index (κ2) is 15.9. The first-order chi connectivity index (χ1) is 17.4. The van der Waals surface area contributed by atoms with Crippen molar-refractivity contribution in [1.29, 1.82) is 0 Å². The van der Waals surface area contributed by atoms with Crippen LogP contribution in [-0.2, 0) is 25.5 Å². The van der Waals surface area contributed by atoms with Gasteiger partial charge in [0.15, 0.2) is 0 Å². The number of benzene rings is 1. The first-order valence-corrected chi connectivity index (χ1v) is 13.0. The van der Waals surface area contributed by atoms with Crippen molar-refractivity contribution in [2.75, 3.05) is 19.7 Å². The molecule has 2 amide bonds. The summed E-state index contributed by atoms with van der Waals surface area (Å²) in [5.74, 6) is -1.49. The molecule has 1 heterocycles. The van der Waals surface area contributed by atoms with E-state index in [1.54, 1.807) is 17.9 Å². The topological polar surface area (TPSA) is 95.9 Å². The number of nitrogens with one attached hydrogen (secondary N) is 1. The number of ether oxygens (including phenoxy) is 1. The molecule has 1 aliphatic rings. The van der Waals surface area contributed by atoms with Gasteiger partial charge in [-0.3, -0.25) is 14.4 Å². The number of amides is 2. The molecule has 2 rings (SSSR count). The largest absolute Gasteiger partial charge is 0.461 e. The van der Waals surface area contributed by atoms with Gasteiger partial charge < -0.3 is 20.1 Å². The Kier molecular flexibility index (Phi) is 13.0. The number of aliphatic hydroxyl groups excluding tert-OH is 1. The fraction of sp³-hybridized carbons (Fsp3) is 0.552. The molecular formula is C29H42N2O5. The fourth-order valence-electron chi connectivity index (χ4n) is 4.60. The van der Waals surface area contributed by atoms with Crippen LogP contribution in [0.5, 0.6) is 0 Å². The van der Waals surface area contributed by atoms with Crippen LogP contribution in [0.2, 0.25) is 0 Å². The Morgan fingerprint density at radius 3 is 2.61 bits per heavy atom. The third-order valence-electron chi connectivity index (χ3n) is 6.65. The third-order valence-corrected chi connectivity index (χ3v) is 6.65. The van der Waals surface area contributed by atoms with E-state index in [-0.39, 0.29) is 49.3 Å². The minimum absolute atomic E-state index is 0.0605. The van der Waals surface area contributed by atoms with Crippen molar-refractivity contribution in [2.24, 2.45) is 11.8 Å². The van der Waals surface area contributed by atoms with Gasteiger partial charge in [0.2, 0.25) is 11.8 Å². The summed E-state index contributed by atoms with van der Waals surface area (Å²) in [7, 11) is 0. The quantitative estimate of drug-likeness (QED) is 0.205. The summed E-state index contributed by atoms with van der Waals surface area (Å²) in [5.41, 5.74) is 1.08. The van der Waals surface area contributed by atoms with Crippen LogP contribution in [0.25, 0.3) is 0 Å². The highest BCUT2D eigenvalue weighted by molar-refractivity contribution is 5.86. The highest BCUT2D eigenvalue weighted by atomic mass is 16.5. The Hall–Kier alpha value is -2.93. The van der Waals surface area contributed by atoms with Gasteiger partial charge in [-0.15, -0.1) is 13.2 Å². The summed E-state index contributed by atoms with van der Waals surface area (Å²) in [6, 6.07) is 9.70. The fourth-order valence-corrected chi connectivity index (χ4v) is 4.60. The van der Waals surface area contributed by atoms with Crippen LogP contribution < -0.4 is 5.32 Å². The maximum Gasteiger partial charge on any atom is 0.309 e. The van der Waals surface area contributed by atoms with Crippen molar-refractivity contribution in [3.8, 4) is 0 Å². The van der Waals surface area contributed by atoms with E-state index < -0.39 is 12.0 Å². The monoisotopic (exact) mass is 498 g/mol. The number of aliphatic hydroxyl groups is 1. The van der Waals surface area contributed by atoms with Crippen molar-refractivity contribution in [2.45, 2.75) is 70.4 Å². The first-order valence-electron chi connectivity index (χ1n) is 13.0. The molecule has 1 fully saturated rings. The van der Waals surface area contributed by atoms with Gasteiger partial charge in [-0.2, -0.15) is 0 Å². The van der Waals surface area contributed by atoms with Crippen molar-refractivity contribution < 1.29 is 24.2 Å². The lowest BCUT2D eigenvalue weighted by Gasteiger charge is -2.25. The maximum absolute atomic E-state index is 12.9. The highest BCUT2D eigenvalue weighted by Crippen LogP contribution is 2.21. The van der Waals surface area contributed by atoms with Crippen molar-refractivity contribution >= 4 is 17.8 Å². The second-order valence-corrected chi connectivity index (χ2v) is 9.59. The van der Waals surface area contributed by atoms with Gasteiger partial charge in [0.1, 0.15) is 6.10 Å². The molecule has 198 valence electrons. The Morgan fingerprint density at radius 1 is 1.19 bits per heavy atom. The lowest BCUT2D eigenvalue weighted by molar-refractivity contribution is -0.153. The van der Waals surface area contributed by atoms with Crippen LogP contribution in [0.1, 0.15) is 57.4 Å². The number of allylic oxidation sites excluding steroid dienone is 2. The summed E-state index contributed by atoms with van der Waals surface area (Å²) >= 11 is 0. The molecule has 7 heteroatoms. The number of hydrogen-bond donors (Lipinski definition) is 2. The zero-order valence-electron chi connectivity index (χ0n) is 21.6. The van der Waals surface area contributed by atoms with E-state index in [0.717, 1.165) is 31.2 Å². The van der Waals surface area contributed by atoms with Crippen LogP contribution in [0.15, 0.2) is 55.6 Å². The van der Waals surface area contributed by atoms with E-state index in [4.69, 9.17) is 4.74 Å². The van der Waals surface area contributed by atoms with E-state index in [1.165, 1.54) is 0 Å². The van der Waals surface area contributed by atoms with E-state index in [9.17, 15) is 19.5 Å². The lowest BCUT2D eigenvalue weighted by Crippen LogP contribution is -2.42. The van der Waals surface area contributed by atoms with Gasteiger partial charge in [-0.25, -0.2) is 0 Å².